The van der Waals surface area contributed by atoms with Crippen LogP contribution >= 0.6 is 27.3 Å². The molecule has 0 saturated heterocycles. The van der Waals surface area contributed by atoms with E-state index in [1.54, 1.807) is 11.3 Å². The minimum atomic E-state index is 1.02. The molecule has 0 unspecified atom stereocenters. The predicted molar refractivity (Wildman–Crippen MR) is 66.2 cm³/mol. The van der Waals surface area contributed by atoms with Gasteiger partial charge in [-0.05, 0) is 12.1 Å². The van der Waals surface area contributed by atoms with E-state index in [1.807, 2.05) is 28.1 Å². The van der Waals surface area contributed by atoms with E-state index in [2.05, 4.69) is 39.2 Å². The Bertz CT molecular complexity index is 566. The van der Waals surface area contributed by atoms with Gasteiger partial charge in [-0.25, -0.2) is 4.98 Å². The molecule has 0 saturated carbocycles. The average Bonchev–Trinajstić information content (AvgIpc) is 2.78. The molecule has 2 aromatic heterocycles. The minimum absolute atomic E-state index is 1.02. The molecular weight excluding hydrogens is 272 g/mol. The van der Waals surface area contributed by atoms with E-state index in [0.717, 1.165) is 20.7 Å². The highest BCUT2D eigenvalue weighted by Gasteiger charge is 2.04. The molecule has 2 heterocycles. The standard InChI is InChI=1S/C11H7BrN2S/c12-9-3-1-8(2-4-9)10-7-14-5-6-15-11(14)13-10/h1-7H. The molecule has 3 aromatic rings. The van der Waals surface area contributed by atoms with Crippen LogP contribution in [0.5, 0.6) is 0 Å². The number of hydrogen-bond acceptors (Lipinski definition) is 2. The number of benzene rings is 1. The van der Waals surface area contributed by atoms with Crippen LogP contribution in [-0.4, -0.2) is 9.38 Å². The Hall–Kier alpha value is -1.13. The van der Waals surface area contributed by atoms with Crippen LogP contribution in [0.2, 0.25) is 0 Å². The highest BCUT2D eigenvalue weighted by Crippen LogP contribution is 2.22. The van der Waals surface area contributed by atoms with Crippen molar-refractivity contribution in [3.63, 3.8) is 0 Å². The number of hydrogen-bond donors (Lipinski definition) is 0. The average molecular weight is 279 g/mol. The second-order valence-corrected chi connectivity index (χ2v) is 5.01. The van der Waals surface area contributed by atoms with Gasteiger partial charge < -0.3 is 0 Å². The molecule has 0 spiro atoms. The third kappa shape index (κ3) is 1.60. The van der Waals surface area contributed by atoms with Crippen molar-refractivity contribution in [3.8, 4) is 11.3 Å². The maximum absolute atomic E-state index is 4.54. The first-order chi connectivity index (χ1) is 7.33. The lowest BCUT2D eigenvalue weighted by Gasteiger charge is -1.95. The van der Waals surface area contributed by atoms with E-state index in [0.29, 0.717) is 0 Å². The van der Waals surface area contributed by atoms with Crippen LogP contribution < -0.4 is 0 Å². The first kappa shape index (κ1) is 9.12. The van der Waals surface area contributed by atoms with Gasteiger partial charge in [-0.3, -0.25) is 4.40 Å². The van der Waals surface area contributed by atoms with Gasteiger partial charge in [0.25, 0.3) is 0 Å². The second kappa shape index (κ2) is 3.47. The van der Waals surface area contributed by atoms with Crippen LogP contribution in [-0.2, 0) is 0 Å². The quantitative estimate of drug-likeness (QED) is 0.661. The molecule has 0 atom stereocenters. The van der Waals surface area contributed by atoms with Crippen molar-refractivity contribution < 1.29 is 0 Å². The molecule has 0 fully saturated rings. The van der Waals surface area contributed by atoms with Gasteiger partial charge in [0.1, 0.15) is 0 Å². The van der Waals surface area contributed by atoms with E-state index in [-0.39, 0.29) is 0 Å². The molecule has 0 N–H and O–H groups in total. The van der Waals surface area contributed by atoms with Gasteiger partial charge in [-0.15, -0.1) is 11.3 Å². The first-order valence-electron chi connectivity index (χ1n) is 4.51. The summed E-state index contributed by atoms with van der Waals surface area (Å²) in [6.45, 7) is 0. The Morgan fingerprint density at radius 1 is 1.20 bits per heavy atom. The Kier molecular flexibility index (Phi) is 2.11. The van der Waals surface area contributed by atoms with Gasteiger partial charge in [0.2, 0.25) is 0 Å². The number of imidazole rings is 1. The summed E-state index contributed by atoms with van der Waals surface area (Å²) in [6, 6.07) is 8.19. The molecule has 15 heavy (non-hydrogen) atoms. The molecule has 74 valence electrons. The highest BCUT2D eigenvalue weighted by molar-refractivity contribution is 9.10. The van der Waals surface area contributed by atoms with Gasteiger partial charge in [0, 0.05) is 27.8 Å². The summed E-state index contributed by atoms with van der Waals surface area (Å²) < 4.78 is 3.13. The SMILES string of the molecule is Brc1ccc(-c2cn3ccsc3n2)cc1. The van der Waals surface area contributed by atoms with E-state index >= 15 is 0 Å². The molecule has 0 bridgehead atoms. The van der Waals surface area contributed by atoms with Crippen LogP contribution in [0.25, 0.3) is 16.2 Å². The van der Waals surface area contributed by atoms with E-state index in [1.165, 1.54) is 0 Å². The minimum Gasteiger partial charge on any atom is -0.297 e. The summed E-state index contributed by atoms with van der Waals surface area (Å²) in [4.78, 5) is 5.57. The molecule has 0 radical (unpaired) electrons. The highest BCUT2D eigenvalue weighted by atomic mass is 79.9. The van der Waals surface area contributed by atoms with Crippen molar-refractivity contribution in [2.24, 2.45) is 0 Å². The molecule has 2 nitrogen and oxygen atoms in total. The van der Waals surface area contributed by atoms with Gasteiger partial charge >= 0.3 is 0 Å². The molecule has 1 aromatic carbocycles. The Morgan fingerprint density at radius 3 is 2.73 bits per heavy atom. The first-order valence-corrected chi connectivity index (χ1v) is 6.18. The van der Waals surface area contributed by atoms with Crippen molar-refractivity contribution in [3.05, 3.63) is 46.5 Å². The van der Waals surface area contributed by atoms with E-state index < -0.39 is 0 Å². The van der Waals surface area contributed by atoms with E-state index in [4.69, 9.17) is 0 Å². The topological polar surface area (TPSA) is 17.3 Å². The molecule has 4 heteroatoms. The predicted octanol–water partition coefficient (Wildman–Crippen LogP) is 3.83. The van der Waals surface area contributed by atoms with Gasteiger partial charge in [0.15, 0.2) is 4.96 Å². The lowest BCUT2D eigenvalue weighted by Crippen LogP contribution is -1.75. The lowest BCUT2D eigenvalue weighted by atomic mass is 10.2. The smallest absolute Gasteiger partial charge is 0.194 e. The molecule has 3 rings (SSSR count). The Labute approximate surface area is 99.3 Å². The van der Waals surface area contributed by atoms with Crippen LogP contribution in [0.4, 0.5) is 0 Å². The van der Waals surface area contributed by atoms with Crippen LogP contribution in [0.1, 0.15) is 0 Å². The van der Waals surface area contributed by atoms with Crippen LogP contribution in [0, 0.1) is 0 Å². The van der Waals surface area contributed by atoms with Crippen molar-refractivity contribution in [2.45, 2.75) is 0 Å². The zero-order valence-corrected chi connectivity index (χ0v) is 10.1. The van der Waals surface area contributed by atoms with E-state index in [9.17, 15) is 0 Å². The van der Waals surface area contributed by atoms with Crippen molar-refractivity contribution in [1.82, 2.24) is 9.38 Å². The van der Waals surface area contributed by atoms with Gasteiger partial charge in [0.05, 0.1) is 5.69 Å². The number of halogens is 1. The van der Waals surface area contributed by atoms with Gasteiger partial charge in [-0.2, -0.15) is 0 Å². The summed E-state index contributed by atoms with van der Waals surface area (Å²) in [7, 11) is 0. The van der Waals surface area contributed by atoms with Crippen LogP contribution in [0.3, 0.4) is 0 Å². The fourth-order valence-electron chi connectivity index (χ4n) is 1.49. The second-order valence-electron chi connectivity index (χ2n) is 3.23. The van der Waals surface area contributed by atoms with Gasteiger partial charge in [-0.1, -0.05) is 28.1 Å². The summed E-state index contributed by atoms with van der Waals surface area (Å²) in [5.74, 6) is 0. The third-order valence-electron chi connectivity index (χ3n) is 2.23. The van der Waals surface area contributed by atoms with Crippen molar-refractivity contribution in [2.75, 3.05) is 0 Å². The fraction of sp³-hybridized carbons (Fsp3) is 0. The molecular formula is C11H7BrN2S. The third-order valence-corrected chi connectivity index (χ3v) is 3.53. The number of thiazole rings is 1. The number of aromatic nitrogens is 2. The Balaban J connectivity index is 2.13. The number of nitrogens with zero attached hydrogens (tertiary/aromatic N) is 2. The lowest BCUT2D eigenvalue weighted by molar-refractivity contribution is 1.23. The molecule has 0 amide bonds. The van der Waals surface area contributed by atoms with Crippen molar-refractivity contribution >= 4 is 32.2 Å². The summed E-state index contributed by atoms with van der Waals surface area (Å²) in [5.41, 5.74) is 2.17. The monoisotopic (exact) mass is 278 g/mol. The molecule has 0 aliphatic rings. The number of fused-ring (bicyclic) bond motifs is 1. The maximum atomic E-state index is 4.54. The summed E-state index contributed by atoms with van der Waals surface area (Å²) in [6.07, 6.45) is 4.07. The van der Waals surface area contributed by atoms with Crippen molar-refractivity contribution in [1.29, 1.82) is 0 Å². The normalized spacial score (nSPS) is 11.0. The number of rotatable bonds is 1. The molecule has 0 aliphatic heterocycles. The zero-order valence-electron chi connectivity index (χ0n) is 7.72. The Morgan fingerprint density at radius 2 is 2.00 bits per heavy atom. The zero-order chi connectivity index (χ0) is 10.3. The summed E-state index contributed by atoms with van der Waals surface area (Å²) >= 11 is 5.07. The summed E-state index contributed by atoms with van der Waals surface area (Å²) in [5, 5.41) is 2.04. The fourth-order valence-corrected chi connectivity index (χ4v) is 2.45. The largest absolute Gasteiger partial charge is 0.297 e. The molecule has 0 aliphatic carbocycles. The maximum Gasteiger partial charge on any atom is 0.194 e. The van der Waals surface area contributed by atoms with Crippen LogP contribution in [0.15, 0.2) is 46.5 Å².